The summed E-state index contributed by atoms with van der Waals surface area (Å²) in [5.41, 5.74) is 0.525. The maximum absolute atomic E-state index is 12.2. The molecular weight excluding hydrogens is 200 g/mol. The SMILES string of the molecule is CC1(C(=O)Cc2ccccc2)CCCCO1. The van der Waals surface area contributed by atoms with Gasteiger partial charge in [0.25, 0.3) is 0 Å². The van der Waals surface area contributed by atoms with Crippen molar-refractivity contribution in [3.63, 3.8) is 0 Å². The van der Waals surface area contributed by atoms with E-state index in [0.29, 0.717) is 6.42 Å². The van der Waals surface area contributed by atoms with Gasteiger partial charge in [-0.2, -0.15) is 0 Å². The normalized spacial score (nSPS) is 25.3. The Kier molecular flexibility index (Phi) is 3.39. The third-order valence-electron chi connectivity index (χ3n) is 3.27. The number of ether oxygens (including phenoxy) is 1. The average molecular weight is 218 g/mol. The minimum atomic E-state index is -0.548. The van der Waals surface area contributed by atoms with Crippen molar-refractivity contribution in [3.05, 3.63) is 35.9 Å². The van der Waals surface area contributed by atoms with E-state index in [1.54, 1.807) is 0 Å². The fourth-order valence-corrected chi connectivity index (χ4v) is 2.12. The summed E-state index contributed by atoms with van der Waals surface area (Å²) in [7, 11) is 0. The van der Waals surface area contributed by atoms with Gasteiger partial charge in [-0.15, -0.1) is 0 Å². The van der Waals surface area contributed by atoms with E-state index in [-0.39, 0.29) is 5.78 Å². The van der Waals surface area contributed by atoms with E-state index in [4.69, 9.17) is 4.74 Å². The lowest BCUT2D eigenvalue weighted by Gasteiger charge is -2.32. The summed E-state index contributed by atoms with van der Waals surface area (Å²) in [6.45, 7) is 2.65. The first kappa shape index (κ1) is 11.3. The van der Waals surface area contributed by atoms with Gasteiger partial charge < -0.3 is 4.74 Å². The summed E-state index contributed by atoms with van der Waals surface area (Å²) in [4.78, 5) is 12.2. The van der Waals surface area contributed by atoms with E-state index in [2.05, 4.69) is 0 Å². The molecule has 1 aliphatic heterocycles. The zero-order valence-corrected chi connectivity index (χ0v) is 9.74. The molecule has 1 atom stereocenters. The molecule has 0 amide bonds. The molecule has 0 N–H and O–H groups in total. The number of hydrogen-bond acceptors (Lipinski definition) is 2. The van der Waals surface area contributed by atoms with Crippen LogP contribution in [0.1, 0.15) is 31.7 Å². The molecule has 0 radical (unpaired) electrons. The molecule has 0 saturated carbocycles. The van der Waals surface area contributed by atoms with Crippen LogP contribution in [0.25, 0.3) is 0 Å². The fourth-order valence-electron chi connectivity index (χ4n) is 2.12. The van der Waals surface area contributed by atoms with Crippen molar-refractivity contribution in [2.45, 2.75) is 38.2 Å². The predicted molar refractivity (Wildman–Crippen MR) is 63.4 cm³/mol. The molecule has 1 fully saturated rings. The van der Waals surface area contributed by atoms with Crippen molar-refractivity contribution >= 4 is 5.78 Å². The van der Waals surface area contributed by atoms with Crippen LogP contribution < -0.4 is 0 Å². The molecule has 2 rings (SSSR count). The lowest BCUT2D eigenvalue weighted by Crippen LogP contribution is -2.42. The number of carbonyl (C=O) groups is 1. The highest BCUT2D eigenvalue weighted by Gasteiger charge is 2.35. The highest BCUT2D eigenvalue weighted by Crippen LogP contribution is 2.26. The topological polar surface area (TPSA) is 26.3 Å². The predicted octanol–water partition coefficient (Wildman–Crippen LogP) is 2.76. The van der Waals surface area contributed by atoms with Gasteiger partial charge in [-0.25, -0.2) is 0 Å². The molecule has 2 heteroatoms. The first-order valence-corrected chi connectivity index (χ1v) is 5.92. The van der Waals surface area contributed by atoms with Crippen LogP contribution in [0.5, 0.6) is 0 Å². The molecule has 0 bridgehead atoms. The second kappa shape index (κ2) is 4.79. The average Bonchev–Trinajstić information content (AvgIpc) is 2.31. The van der Waals surface area contributed by atoms with Gasteiger partial charge in [0.15, 0.2) is 5.78 Å². The molecule has 1 saturated heterocycles. The first-order chi connectivity index (χ1) is 7.71. The Labute approximate surface area is 96.6 Å². The summed E-state index contributed by atoms with van der Waals surface area (Å²) in [6.07, 6.45) is 3.52. The lowest BCUT2D eigenvalue weighted by atomic mass is 9.88. The zero-order chi connectivity index (χ0) is 11.4. The summed E-state index contributed by atoms with van der Waals surface area (Å²) in [5, 5.41) is 0. The van der Waals surface area contributed by atoms with Crippen molar-refractivity contribution in [1.29, 1.82) is 0 Å². The van der Waals surface area contributed by atoms with Gasteiger partial charge in [0.2, 0.25) is 0 Å². The fraction of sp³-hybridized carbons (Fsp3) is 0.500. The smallest absolute Gasteiger partial charge is 0.168 e. The Morgan fingerprint density at radius 3 is 2.69 bits per heavy atom. The van der Waals surface area contributed by atoms with Gasteiger partial charge in [-0.05, 0) is 31.7 Å². The number of ketones is 1. The van der Waals surface area contributed by atoms with Crippen molar-refractivity contribution in [2.75, 3.05) is 6.61 Å². The quantitative estimate of drug-likeness (QED) is 0.779. The van der Waals surface area contributed by atoms with Crippen LogP contribution in [0.4, 0.5) is 0 Å². The summed E-state index contributed by atoms with van der Waals surface area (Å²) in [5.74, 6) is 0.207. The molecule has 86 valence electrons. The Balaban J connectivity index is 2.02. The molecule has 0 spiro atoms. The first-order valence-electron chi connectivity index (χ1n) is 5.92. The second-order valence-electron chi connectivity index (χ2n) is 4.62. The molecule has 16 heavy (non-hydrogen) atoms. The van der Waals surface area contributed by atoms with Gasteiger partial charge in [-0.1, -0.05) is 30.3 Å². The van der Waals surface area contributed by atoms with Crippen molar-refractivity contribution in [1.82, 2.24) is 0 Å². The molecular formula is C14H18O2. The van der Waals surface area contributed by atoms with E-state index >= 15 is 0 Å². The largest absolute Gasteiger partial charge is 0.367 e. The number of benzene rings is 1. The van der Waals surface area contributed by atoms with Gasteiger partial charge in [-0.3, -0.25) is 4.79 Å². The number of hydrogen-bond donors (Lipinski definition) is 0. The van der Waals surface area contributed by atoms with E-state index < -0.39 is 5.60 Å². The van der Waals surface area contributed by atoms with Gasteiger partial charge in [0.05, 0.1) is 0 Å². The molecule has 1 aliphatic rings. The zero-order valence-electron chi connectivity index (χ0n) is 9.74. The number of carbonyl (C=O) groups excluding carboxylic acids is 1. The third kappa shape index (κ3) is 2.50. The van der Waals surface area contributed by atoms with Crippen molar-refractivity contribution in [3.8, 4) is 0 Å². The molecule has 1 aromatic carbocycles. The Morgan fingerprint density at radius 1 is 1.31 bits per heavy atom. The van der Waals surface area contributed by atoms with Crippen LogP contribution >= 0.6 is 0 Å². The third-order valence-corrected chi connectivity index (χ3v) is 3.27. The van der Waals surface area contributed by atoms with E-state index in [1.807, 2.05) is 37.3 Å². The molecule has 1 aromatic rings. The van der Waals surface area contributed by atoms with E-state index in [1.165, 1.54) is 0 Å². The van der Waals surface area contributed by atoms with Crippen LogP contribution in [0.15, 0.2) is 30.3 Å². The monoisotopic (exact) mass is 218 g/mol. The highest BCUT2D eigenvalue weighted by molar-refractivity contribution is 5.88. The van der Waals surface area contributed by atoms with Crippen LogP contribution in [0.3, 0.4) is 0 Å². The highest BCUT2D eigenvalue weighted by atomic mass is 16.5. The summed E-state index contributed by atoms with van der Waals surface area (Å²) < 4.78 is 5.65. The minimum absolute atomic E-state index is 0.207. The standard InChI is InChI=1S/C14H18O2/c1-14(9-5-6-10-16-14)13(15)11-12-7-3-2-4-8-12/h2-4,7-8H,5-6,9-11H2,1H3. The molecule has 0 aromatic heterocycles. The second-order valence-corrected chi connectivity index (χ2v) is 4.62. The summed E-state index contributed by atoms with van der Waals surface area (Å²) in [6, 6.07) is 9.88. The maximum atomic E-state index is 12.2. The van der Waals surface area contributed by atoms with Crippen LogP contribution in [0.2, 0.25) is 0 Å². The van der Waals surface area contributed by atoms with Gasteiger partial charge in [0, 0.05) is 13.0 Å². The van der Waals surface area contributed by atoms with Gasteiger partial charge >= 0.3 is 0 Å². The lowest BCUT2D eigenvalue weighted by molar-refractivity contribution is -0.147. The Bertz CT molecular complexity index is 350. The van der Waals surface area contributed by atoms with Crippen molar-refractivity contribution < 1.29 is 9.53 Å². The maximum Gasteiger partial charge on any atom is 0.168 e. The number of rotatable bonds is 3. The Morgan fingerprint density at radius 2 is 2.06 bits per heavy atom. The van der Waals surface area contributed by atoms with Crippen LogP contribution in [0, 0.1) is 0 Å². The molecule has 0 aliphatic carbocycles. The van der Waals surface area contributed by atoms with Crippen molar-refractivity contribution in [2.24, 2.45) is 0 Å². The minimum Gasteiger partial charge on any atom is -0.367 e. The van der Waals surface area contributed by atoms with Crippen LogP contribution in [-0.2, 0) is 16.0 Å². The van der Waals surface area contributed by atoms with Gasteiger partial charge in [0.1, 0.15) is 5.60 Å². The molecule has 1 unspecified atom stereocenters. The van der Waals surface area contributed by atoms with Crippen LogP contribution in [-0.4, -0.2) is 18.0 Å². The van der Waals surface area contributed by atoms with E-state index in [9.17, 15) is 4.79 Å². The Hall–Kier alpha value is -1.15. The molecule has 1 heterocycles. The number of Topliss-reactive ketones (excluding diaryl/α,β-unsaturated/α-hetero) is 1. The summed E-state index contributed by atoms with van der Waals surface area (Å²) >= 11 is 0. The van der Waals surface area contributed by atoms with E-state index in [0.717, 1.165) is 31.4 Å². The molecule has 2 nitrogen and oxygen atoms in total.